The highest BCUT2D eigenvalue weighted by molar-refractivity contribution is 14.1. The van der Waals surface area contributed by atoms with Crippen LogP contribution in [0.1, 0.15) is 48.6 Å². The molecular formula is C13H19IN2OS. The second kappa shape index (κ2) is 6.86. The fourth-order valence-electron chi connectivity index (χ4n) is 2.43. The molecule has 0 aromatic carbocycles. The largest absolute Gasteiger partial charge is 0.370 e. The first-order valence-electron chi connectivity index (χ1n) is 6.46. The molecule has 0 aliphatic heterocycles. The Balaban J connectivity index is 1.78. The summed E-state index contributed by atoms with van der Waals surface area (Å²) in [6, 6.07) is 2.84. The number of hydrogen-bond acceptors (Lipinski definition) is 3. The molecule has 1 aliphatic carbocycles. The van der Waals surface area contributed by atoms with Crippen LogP contribution in [0.15, 0.2) is 6.07 Å². The summed E-state index contributed by atoms with van der Waals surface area (Å²) in [7, 11) is 0. The van der Waals surface area contributed by atoms with Gasteiger partial charge in [-0.3, -0.25) is 4.79 Å². The van der Waals surface area contributed by atoms with Crippen molar-refractivity contribution in [3.63, 3.8) is 0 Å². The minimum Gasteiger partial charge on any atom is -0.370 e. The van der Waals surface area contributed by atoms with Gasteiger partial charge in [-0.25, -0.2) is 0 Å². The number of hydrogen-bond donors (Lipinski definition) is 2. The molecule has 1 atom stereocenters. The van der Waals surface area contributed by atoms with Crippen LogP contribution in [0.25, 0.3) is 0 Å². The summed E-state index contributed by atoms with van der Waals surface area (Å²) in [5.74, 6) is -0.192. The number of nitrogens with two attached hydrogens (primary N) is 1. The van der Waals surface area contributed by atoms with E-state index in [2.05, 4.69) is 34.0 Å². The van der Waals surface area contributed by atoms with Gasteiger partial charge >= 0.3 is 0 Å². The summed E-state index contributed by atoms with van der Waals surface area (Å²) in [6.07, 6.45) is 6.17. The summed E-state index contributed by atoms with van der Waals surface area (Å²) in [5.41, 5.74) is 6.63. The Kier molecular flexibility index (Phi) is 5.44. The van der Waals surface area contributed by atoms with Crippen LogP contribution < -0.4 is 11.1 Å². The Morgan fingerprint density at radius 3 is 3.17 bits per heavy atom. The molecule has 1 aromatic heterocycles. The van der Waals surface area contributed by atoms with Crippen molar-refractivity contribution < 1.29 is 4.79 Å². The van der Waals surface area contributed by atoms with Crippen LogP contribution in [0.2, 0.25) is 0 Å². The maximum Gasteiger partial charge on any atom is 0.217 e. The fraction of sp³-hybridized carbons (Fsp3) is 0.615. The Hall–Kier alpha value is -0.140. The molecule has 5 heteroatoms. The lowest BCUT2D eigenvalue weighted by Gasteiger charge is -2.23. The maximum absolute atomic E-state index is 10.6. The number of amides is 1. The van der Waals surface area contributed by atoms with Gasteiger partial charge in [-0.2, -0.15) is 0 Å². The summed E-state index contributed by atoms with van der Waals surface area (Å²) in [6.45, 7) is 0.976. The summed E-state index contributed by atoms with van der Waals surface area (Å²) >= 11 is 4.34. The fourth-order valence-corrected chi connectivity index (χ4v) is 4.55. The van der Waals surface area contributed by atoms with E-state index in [9.17, 15) is 4.79 Å². The third kappa shape index (κ3) is 3.93. The molecule has 1 unspecified atom stereocenters. The van der Waals surface area contributed by atoms with Crippen LogP contribution in [0.3, 0.4) is 0 Å². The van der Waals surface area contributed by atoms with Crippen LogP contribution in [0.5, 0.6) is 0 Å². The van der Waals surface area contributed by atoms with Gasteiger partial charge in [-0.05, 0) is 72.9 Å². The summed E-state index contributed by atoms with van der Waals surface area (Å²) < 4.78 is 1.39. The highest BCUT2D eigenvalue weighted by atomic mass is 127. The summed E-state index contributed by atoms with van der Waals surface area (Å²) in [4.78, 5) is 12.2. The van der Waals surface area contributed by atoms with Gasteiger partial charge in [-0.1, -0.05) is 0 Å². The van der Waals surface area contributed by atoms with E-state index >= 15 is 0 Å². The molecule has 0 fully saturated rings. The highest BCUT2D eigenvalue weighted by Gasteiger charge is 2.21. The van der Waals surface area contributed by atoms with E-state index < -0.39 is 0 Å². The molecular weight excluding hydrogens is 359 g/mol. The minimum atomic E-state index is -0.192. The predicted molar refractivity (Wildman–Crippen MR) is 83.8 cm³/mol. The SMILES string of the molecule is NC(=O)CCCCNC1CCCc2sc(I)cc21. The van der Waals surface area contributed by atoms with Gasteiger partial charge in [-0.15, -0.1) is 11.3 Å². The lowest BCUT2D eigenvalue weighted by atomic mass is 9.94. The number of primary amides is 1. The van der Waals surface area contributed by atoms with Crippen molar-refractivity contribution in [1.29, 1.82) is 0 Å². The lowest BCUT2D eigenvalue weighted by Crippen LogP contribution is -2.25. The molecule has 1 aliphatic rings. The molecule has 3 nitrogen and oxygen atoms in total. The Labute approximate surface area is 126 Å². The third-order valence-corrected chi connectivity index (χ3v) is 5.30. The zero-order valence-electron chi connectivity index (χ0n) is 10.4. The van der Waals surface area contributed by atoms with Gasteiger partial charge in [0, 0.05) is 17.3 Å². The number of nitrogens with one attached hydrogen (secondary N) is 1. The Morgan fingerprint density at radius 2 is 2.39 bits per heavy atom. The average molecular weight is 378 g/mol. The topological polar surface area (TPSA) is 55.1 Å². The normalized spacial score (nSPS) is 18.6. The molecule has 1 heterocycles. The number of thiophene rings is 1. The standard InChI is InChI=1S/C13H19IN2OS/c14-12-8-9-10(4-3-5-11(9)18-12)16-7-2-1-6-13(15)17/h8,10,16H,1-7H2,(H2,15,17). The summed E-state index contributed by atoms with van der Waals surface area (Å²) in [5, 5.41) is 3.62. The molecule has 3 N–H and O–H groups in total. The van der Waals surface area contributed by atoms with Crippen LogP contribution >= 0.6 is 33.9 Å². The van der Waals surface area contributed by atoms with Crippen LogP contribution in [-0.4, -0.2) is 12.5 Å². The second-order valence-electron chi connectivity index (χ2n) is 4.75. The number of carbonyl (C=O) groups is 1. The van der Waals surface area contributed by atoms with E-state index in [1.807, 2.05) is 11.3 Å². The lowest BCUT2D eigenvalue weighted by molar-refractivity contribution is -0.118. The van der Waals surface area contributed by atoms with E-state index in [1.54, 1.807) is 4.88 Å². The monoisotopic (exact) mass is 378 g/mol. The van der Waals surface area contributed by atoms with Crippen molar-refractivity contribution in [1.82, 2.24) is 5.32 Å². The first-order valence-corrected chi connectivity index (χ1v) is 8.36. The van der Waals surface area contributed by atoms with Gasteiger partial charge in [0.2, 0.25) is 5.91 Å². The molecule has 1 aromatic rings. The van der Waals surface area contributed by atoms with Crippen LogP contribution in [0, 0.1) is 2.88 Å². The van der Waals surface area contributed by atoms with Crippen molar-refractivity contribution in [2.75, 3.05) is 6.54 Å². The van der Waals surface area contributed by atoms with Crippen molar-refractivity contribution in [3.8, 4) is 0 Å². The molecule has 0 bridgehead atoms. The second-order valence-corrected chi connectivity index (χ2v) is 7.78. The minimum absolute atomic E-state index is 0.192. The Bertz CT molecular complexity index is 419. The smallest absolute Gasteiger partial charge is 0.217 e. The predicted octanol–water partition coefficient (Wildman–Crippen LogP) is 2.98. The quantitative estimate of drug-likeness (QED) is 0.591. The molecule has 0 spiro atoms. The average Bonchev–Trinajstić information content (AvgIpc) is 2.69. The molecule has 2 rings (SSSR count). The molecule has 100 valence electrons. The number of halogens is 1. The van der Waals surface area contributed by atoms with Crippen LogP contribution in [0.4, 0.5) is 0 Å². The molecule has 1 amide bonds. The van der Waals surface area contributed by atoms with Crippen molar-refractivity contribution in [2.45, 2.75) is 44.6 Å². The van der Waals surface area contributed by atoms with E-state index in [4.69, 9.17) is 5.73 Å². The van der Waals surface area contributed by atoms with E-state index in [0.717, 1.165) is 19.4 Å². The molecule has 0 saturated carbocycles. The van der Waals surface area contributed by atoms with Crippen molar-refractivity contribution in [3.05, 3.63) is 19.4 Å². The van der Waals surface area contributed by atoms with Gasteiger partial charge in [0.25, 0.3) is 0 Å². The van der Waals surface area contributed by atoms with E-state index in [-0.39, 0.29) is 5.91 Å². The molecule has 0 radical (unpaired) electrons. The van der Waals surface area contributed by atoms with E-state index in [1.165, 1.54) is 27.7 Å². The van der Waals surface area contributed by atoms with Gasteiger partial charge < -0.3 is 11.1 Å². The number of fused-ring (bicyclic) bond motifs is 1. The zero-order chi connectivity index (χ0) is 13.0. The van der Waals surface area contributed by atoms with Crippen molar-refractivity contribution >= 4 is 39.8 Å². The number of carbonyl (C=O) groups excluding carboxylic acids is 1. The highest BCUT2D eigenvalue weighted by Crippen LogP contribution is 2.36. The Morgan fingerprint density at radius 1 is 1.56 bits per heavy atom. The molecule has 18 heavy (non-hydrogen) atoms. The maximum atomic E-state index is 10.6. The first kappa shape index (κ1) is 14.3. The van der Waals surface area contributed by atoms with Gasteiger partial charge in [0.15, 0.2) is 0 Å². The zero-order valence-corrected chi connectivity index (χ0v) is 13.4. The van der Waals surface area contributed by atoms with Gasteiger partial charge in [0.05, 0.1) is 2.88 Å². The first-order chi connectivity index (χ1) is 8.66. The van der Waals surface area contributed by atoms with E-state index in [0.29, 0.717) is 12.5 Å². The molecule has 0 saturated heterocycles. The number of aryl methyl sites for hydroxylation is 1. The van der Waals surface area contributed by atoms with Crippen LogP contribution in [-0.2, 0) is 11.2 Å². The van der Waals surface area contributed by atoms with Crippen molar-refractivity contribution in [2.24, 2.45) is 5.73 Å². The number of rotatable bonds is 6. The van der Waals surface area contributed by atoms with Gasteiger partial charge in [0.1, 0.15) is 0 Å². The number of unbranched alkanes of at least 4 members (excludes halogenated alkanes) is 1. The third-order valence-electron chi connectivity index (χ3n) is 3.32.